The Bertz CT molecular complexity index is 1500. The highest BCUT2D eigenvalue weighted by Crippen LogP contribution is 2.36. The van der Waals surface area contributed by atoms with Crippen molar-refractivity contribution in [3.05, 3.63) is 84.4 Å². The van der Waals surface area contributed by atoms with E-state index in [4.69, 9.17) is 14.7 Å². The van der Waals surface area contributed by atoms with Crippen molar-refractivity contribution < 1.29 is 4.74 Å². The zero-order valence-corrected chi connectivity index (χ0v) is 28.3. The zero-order valence-electron chi connectivity index (χ0n) is 26.6. The fraction of sp³-hybridized carbons (Fsp3) is 0.405. The lowest BCUT2D eigenvalue weighted by molar-refractivity contribution is 0.243. The number of hydrogen-bond acceptors (Lipinski definition) is 7. The largest absolute Gasteiger partial charge is 0.494 e. The maximum Gasteiger partial charge on any atom is 0.136 e. The van der Waals surface area contributed by atoms with Gasteiger partial charge in [0.05, 0.1) is 12.3 Å². The van der Waals surface area contributed by atoms with Crippen molar-refractivity contribution in [2.45, 2.75) is 64.3 Å². The summed E-state index contributed by atoms with van der Waals surface area (Å²) in [6.07, 6.45) is 8.98. The number of ether oxygens (including phenoxy) is 1. The number of pyridine rings is 2. The Morgan fingerprint density at radius 1 is 0.886 bits per heavy atom. The van der Waals surface area contributed by atoms with Gasteiger partial charge in [-0.25, -0.2) is 9.97 Å². The van der Waals surface area contributed by atoms with E-state index in [1.807, 2.05) is 11.8 Å². The molecular formula is C37H46N4OS2. The molecule has 4 aromatic rings. The fourth-order valence-corrected chi connectivity index (χ4v) is 6.42. The maximum atomic E-state index is 6.20. The number of hydrogen-bond donors (Lipinski definition) is 1. The SMILES string of the molecule is CSCCN1CCCCCCc2ccccc2-c2nc(ccc2-c2cccc(OCCC(C)(C)C)c2)NSc2cccc1n2. The third kappa shape index (κ3) is 9.18. The van der Waals surface area contributed by atoms with Gasteiger partial charge >= 0.3 is 0 Å². The van der Waals surface area contributed by atoms with Gasteiger partial charge in [0.1, 0.15) is 22.4 Å². The van der Waals surface area contributed by atoms with Crippen LogP contribution in [0.5, 0.6) is 5.75 Å². The van der Waals surface area contributed by atoms with Gasteiger partial charge in [0.15, 0.2) is 0 Å². The molecule has 1 aliphatic rings. The second-order valence-electron chi connectivity index (χ2n) is 12.6. The Kier molecular flexibility index (Phi) is 11.5. The molecule has 0 saturated carbocycles. The van der Waals surface area contributed by atoms with E-state index < -0.39 is 0 Å². The molecule has 0 saturated heterocycles. The summed E-state index contributed by atoms with van der Waals surface area (Å²) in [5.74, 6) is 3.86. The molecule has 1 N–H and O–H groups in total. The highest BCUT2D eigenvalue weighted by Gasteiger charge is 2.16. The average molecular weight is 627 g/mol. The number of rotatable bonds is 7. The van der Waals surface area contributed by atoms with Crippen LogP contribution in [0.1, 0.15) is 58.4 Å². The smallest absolute Gasteiger partial charge is 0.136 e. The minimum atomic E-state index is 0.238. The Morgan fingerprint density at radius 3 is 2.59 bits per heavy atom. The highest BCUT2D eigenvalue weighted by atomic mass is 32.2. The second-order valence-corrected chi connectivity index (χ2v) is 14.4. The standard InChI is InChI=1S/C37H46N4OS2/c1-37(2,3)22-25-42-30-16-11-15-29(27-30)32-20-21-33-38-36(32)31-17-9-8-14-28(31)13-7-5-6-10-23-41(24-26-43-4)34-18-12-19-35(39-34)44-40-33/h8-9,11-12,14-21,27H,5-7,10,13,22-26H2,1-4H3,(H,38,40). The third-order valence-corrected chi connectivity index (χ3v) is 9.25. The van der Waals surface area contributed by atoms with Crippen LogP contribution in [-0.2, 0) is 6.42 Å². The molecule has 3 heterocycles. The van der Waals surface area contributed by atoms with E-state index in [0.717, 1.165) is 77.3 Å². The Labute approximate surface area is 272 Å². The molecule has 5 nitrogen and oxygen atoms in total. The van der Waals surface area contributed by atoms with Gasteiger partial charge in [-0.05, 0) is 84.9 Å². The number of nitrogens with one attached hydrogen (secondary N) is 1. The van der Waals surface area contributed by atoms with Crippen LogP contribution in [0.15, 0.2) is 83.9 Å². The quantitative estimate of drug-likeness (QED) is 0.205. The molecule has 5 rings (SSSR count). The van der Waals surface area contributed by atoms with Gasteiger partial charge in [0, 0.05) is 41.9 Å². The topological polar surface area (TPSA) is 50.3 Å². The molecule has 44 heavy (non-hydrogen) atoms. The first kappa shape index (κ1) is 32.2. The van der Waals surface area contributed by atoms with E-state index in [-0.39, 0.29) is 5.41 Å². The summed E-state index contributed by atoms with van der Waals surface area (Å²) in [4.78, 5) is 12.7. The third-order valence-electron chi connectivity index (χ3n) is 7.92. The van der Waals surface area contributed by atoms with E-state index >= 15 is 0 Å². The number of nitrogens with zero attached hydrogens (tertiary/aromatic N) is 3. The van der Waals surface area contributed by atoms with E-state index in [0.29, 0.717) is 6.61 Å². The van der Waals surface area contributed by atoms with E-state index in [1.165, 1.54) is 42.3 Å². The highest BCUT2D eigenvalue weighted by molar-refractivity contribution is 8.00. The molecule has 0 fully saturated rings. The van der Waals surface area contributed by atoms with Crippen molar-refractivity contribution >= 4 is 35.3 Å². The van der Waals surface area contributed by atoms with E-state index in [1.54, 1.807) is 0 Å². The monoisotopic (exact) mass is 626 g/mol. The summed E-state index contributed by atoms with van der Waals surface area (Å²) in [5.41, 5.74) is 6.00. The first-order valence-electron chi connectivity index (χ1n) is 15.9. The second kappa shape index (κ2) is 15.7. The van der Waals surface area contributed by atoms with Crippen LogP contribution in [0.3, 0.4) is 0 Å². The summed E-state index contributed by atoms with van der Waals surface area (Å²) >= 11 is 3.41. The van der Waals surface area contributed by atoms with Crippen LogP contribution in [0.4, 0.5) is 11.6 Å². The summed E-state index contributed by atoms with van der Waals surface area (Å²) in [6, 6.07) is 27.8. The van der Waals surface area contributed by atoms with Crippen molar-refractivity contribution in [1.82, 2.24) is 9.97 Å². The van der Waals surface area contributed by atoms with E-state index in [2.05, 4.69) is 116 Å². The molecule has 0 amide bonds. The summed E-state index contributed by atoms with van der Waals surface area (Å²) in [6.45, 7) is 9.49. The zero-order chi connectivity index (χ0) is 30.8. The average Bonchev–Trinajstić information content (AvgIpc) is 3.02. The lowest BCUT2D eigenvalue weighted by Gasteiger charge is -2.24. The van der Waals surface area contributed by atoms with Gasteiger partial charge in [-0.1, -0.05) is 76.1 Å². The molecule has 0 radical (unpaired) electrons. The van der Waals surface area contributed by atoms with Crippen molar-refractivity contribution in [2.75, 3.05) is 41.3 Å². The van der Waals surface area contributed by atoms with Crippen LogP contribution in [-0.4, -0.2) is 41.7 Å². The van der Waals surface area contributed by atoms with Crippen LogP contribution in [0, 0.1) is 5.41 Å². The molecule has 232 valence electrons. The molecule has 0 atom stereocenters. The normalized spacial score (nSPS) is 14.3. The molecule has 2 aromatic carbocycles. The molecule has 4 bridgehead atoms. The summed E-state index contributed by atoms with van der Waals surface area (Å²) < 4.78 is 9.70. The number of benzene rings is 2. The number of aryl methyl sites for hydroxylation is 1. The van der Waals surface area contributed by atoms with Crippen LogP contribution >= 0.6 is 23.7 Å². The van der Waals surface area contributed by atoms with Crippen LogP contribution in [0.25, 0.3) is 22.4 Å². The first-order valence-corrected chi connectivity index (χ1v) is 18.1. The number of anilines is 2. The van der Waals surface area contributed by atoms with Crippen molar-refractivity contribution in [2.24, 2.45) is 5.41 Å². The Morgan fingerprint density at radius 2 is 1.73 bits per heavy atom. The summed E-state index contributed by atoms with van der Waals surface area (Å²) in [5, 5.41) is 0.939. The van der Waals surface area contributed by atoms with Crippen molar-refractivity contribution in [1.29, 1.82) is 0 Å². The van der Waals surface area contributed by atoms with Gasteiger partial charge in [-0.3, -0.25) is 0 Å². The minimum Gasteiger partial charge on any atom is -0.494 e. The van der Waals surface area contributed by atoms with Gasteiger partial charge < -0.3 is 14.4 Å². The van der Waals surface area contributed by atoms with Gasteiger partial charge in [-0.15, -0.1) is 0 Å². The maximum absolute atomic E-state index is 6.20. The fourth-order valence-electron chi connectivity index (χ4n) is 5.41. The van der Waals surface area contributed by atoms with Gasteiger partial charge in [0.25, 0.3) is 0 Å². The molecule has 0 unspecified atom stereocenters. The molecule has 0 aliphatic carbocycles. The predicted octanol–water partition coefficient (Wildman–Crippen LogP) is 10.0. The lowest BCUT2D eigenvalue weighted by Crippen LogP contribution is -2.28. The van der Waals surface area contributed by atoms with Crippen molar-refractivity contribution in [3.8, 4) is 28.1 Å². The molecule has 2 aromatic heterocycles. The summed E-state index contributed by atoms with van der Waals surface area (Å²) in [7, 11) is 0. The Balaban J connectivity index is 1.49. The minimum absolute atomic E-state index is 0.238. The van der Waals surface area contributed by atoms with Crippen LogP contribution in [0.2, 0.25) is 0 Å². The molecular weight excluding hydrogens is 581 g/mol. The van der Waals surface area contributed by atoms with Gasteiger partial charge in [-0.2, -0.15) is 11.8 Å². The Hall–Kier alpha value is -3.16. The van der Waals surface area contributed by atoms with Gasteiger partial charge in [0.2, 0.25) is 0 Å². The first-order chi connectivity index (χ1) is 21.4. The molecule has 0 spiro atoms. The van der Waals surface area contributed by atoms with E-state index in [9.17, 15) is 0 Å². The molecule has 7 heteroatoms. The number of fused-ring (bicyclic) bond motifs is 6. The van der Waals surface area contributed by atoms with Crippen molar-refractivity contribution in [3.63, 3.8) is 0 Å². The number of thioether (sulfide) groups is 1. The lowest BCUT2D eigenvalue weighted by atomic mass is 9.93. The predicted molar refractivity (Wildman–Crippen MR) is 191 cm³/mol. The number of aromatic nitrogens is 2. The van der Waals surface area contributed by atoms with Crippen LogP contribution < -0.4 is 14.4 Å². The molecule has 1 aliphatic heterocycles.